The van der Waals surface area contributed by atoms with Gasteiger partial charge in [0.25, 0.3) is 5.91 Å². The Labute approximate surface area is 178 Å². The summed E-state index contributed by atoms with van der Waals surface area (Å²) in [6, 6.07) is 15.7. The Balaban J connectivity index is 1.45. The van der Waals surface area contributed by atoms with Crippen molar-refractivity contribution in [3.05, 3.63) is 59.7 Å². The highest BCUT2D eigenvalue weighted by molar-refractivity contribution is 5.97. The molecule has 0 unspecified atom stereocenters. The van der Waals surface area contributed by atoms with Crippen molar-refractivity contribution in [3.8, 4) is 5.75 Å². The molecule has 158 valence electrons. The van der Waals surface area contributed by atoms with Gasteiger partial charge in [-0.25, -0.2) is 0 Å². The quantitative estimate of drug-likeness (QED) is 0.771. The first kappa shape index (κ1) is 20.5. The van der Waals surface area contributed by atoms with E-state index in [9.17, 15) is 9.59 Å². The molecule has 4 rings (SSSR count). The fourth-order valence-electron chi connectivity index (χ4n) is 4.81. The van der Waals surface area contributed by atoms with E-state index < -0.39 is 0 Å². The highest BCUT2D eigenvalue weighted by Gasteiger charge is 2.34. The van der Waals surface area contributed by atoms with Gasteiger partial charge in [0.15, 0.2) is 0 Å². The second-order valence-electron chi connectivity index (χ2n) is 8.45. The van der Waals surface area contributed by atoms with Gasteiger partial charge in [0.2, 0.25) is 5.91 Å². The van der Waals surface area contributed by atoms with Gasteiger partial charge >= 0.3 is 0 Å². The number of carbonyl (C=O) groups is 2. The molecule has 2 amide bonds. The van der Waals surface area contributed by atoms with Gasteiger partial charge in [-0.2, -0.15) is 0 Å². The van der Waals surface area contributed by atoms with Crippen molar-refractivity contribution in [1.29, 1.82) is 0 Å². The number of hydrogen-bond donors (Lipinski definition) is 1. The minimum absolute atomic E-state index is 0.0257. The minimum Gasteiger partial charge on any atom is -0.497 e. The molecule has 2 aromatic carbocycles. The molecule has 0 atom stereocenters. The number of anilines is 1. The number of methoxy groups -OCH3 is 1. The summed E-state index contributed by atoms with van der Waals surface area (Å²) in [5.74, 6) is 0.948. The lowest BCUT2D eigenvalue weighted by atomic mass is 9.69. The zero-order valence-corrected chi connectivity index (χ0v) is 17.7. The lowest BCUT2D eigenvalue weighted by Crippen LogP contribution is -2.42. The molecule has 30 heavy (non-hydrogen) atoms. The maximum atomic E-state index is 12.8. The second-order valence-corrected chi connectivity index (χ2v) is 8.45. The molecular weight excluding hydrogens is 376 g/mol. The average Bonchev–Trinajstić information content (AvgIpc) is 3.24. The molecule has 5 heteroatoms. The van der Waals surface area contributed by atoms with E-state index in [0.29, 0.717) is 18.5 Å². The summed E-state index contributed by atoms with van der Waals surface area (Å²) in [7, 11) is 1.68. The van der Waals surface area contributed by atoms with E-state index in [4.69, 9.17) is 4.74 Å². The van der Waals surface area contributed by atoms with Crippen molar-refractivity contribution in [2.75, 3.05) is 25.1 Å². The predicted molar refractivity (Wildman–Crippen MR) is 118 cm³/mol. The summed E-state index contributed by atoms with van der Waals surface area (Å²) < 4.78 is 5.30. The minimum atomic E-state index is -0.0623. The first-order valence-electron chi connectivity index (χ1n) is 10.9. The smallest absolute Gasteiger partial charge is 0.251 e. The average molecular weight is 407 g/mol. The van der Waals surface area contributed by atoms with Crippen LogP contribution < -0.4 is 15.0 Å². The number of benzene rings is 2. The lowest BCUT2D eigenvalue weighted by Gasteiger charge is -2.38. The van der Waals surface area contributed by atoms with E-state index in [1.807, 2.05) is 36.4 Å². The summed E-state index contributed by atoms with van der Waals surface area (Å²) in [4.78, 5) is 26.6. The lowest BCUT2D eigenvalue weighted by molar-refractivity contribution is -0.117. The molecular formula is C25H30N2O3. The van der Waals surface area contributed by atoms with Crippen LogP contribution in [0, 0.1) is 0 Å². The molecule has 5 nitrogen and oxygen atoms in total. The maximum Gasteiger partial charge on any atom is 0.251 e. The van der Waals surface area contributed by atoms with Crippen molar-refractivity contribution in [2.45, 2.75) is 50.4 Å². The van der Waals surface area contributed by atoms with E-state index in [2.05, 4.69) is 17.4 Å². The largest absolute Gasteiger partial charge is 0.497 e. The van der Waals surface area contributed by atoms with E-state index >= 15 is 0 Å². The van der Waals surface area contributed by atoms with Gasteiger partial charge in [-0.1, -0.05) is 31.4 Å². The number of nitrogens with zero attached hydrogens (tertiary/aromatic N) is 1. The first-order chi connectivity index (χ1) is 14.6. The van der Waals surface area contributed by atoms with Crippen LogP contribution in [0.25, 0.3) is 0 Å². The van der Waals surface area contributed by atoms with Crippen molar-refractivity contribution < 1.29 is 14.3 Å². The van der Waals surface area contributed by atoms with Crippen LogP contribution in [0.5, 0.6) is 5.75 Å². The highest BCUT2D eigenvalue weighted by atomic mass is 16.5. The van der Waals surface area contributed by atoms with Gasteiger partial charge in [-0.15, -0.1) is 0 Å². The zero-order valence-electron chi connectivity index (χ0n) is 17.7. The highest BCUT2D eigenvalue weighted by Crippen LogP contribution is 2.39. The molecule has 1 saturated heterocycles. The van der Waals surface area contributed by atoms with Crippen LogP contribution in [0.3, 0.4) is 0 Å². The van der Waals surface area contributed by atoms with E-state index in [0.717, 1.165) is 37.2 Å². The summed E-state index contributed by atoms with van der Waals surface area (Å²) in [5, 5.41) is 3.18. The predicted octanol–water partition coefficient (Wildman–Crippen LogP) is 4.45. The second kappa shape index (κ2) is 8.90. The van der Waals surface area contributed by atoms with Crippen molar-refractivity contribution >= 4 is 17.5 Å². The number of ether oxygens (including phenoxy) is 1. The molecule has 1 aliphatic carbocycles. The number of amides is 2. The van der Waals surface area contributed by atoms with Gasteiger partial charge in [0.05, 0.1) is 7.11 Å². The SMILES string of the molecule is COc1ccc(C2(CNC(=O)c3ccc(N4CCCC4=O)cc3)CCCCC2)cc1. The van der Waals surface area contributed by atoms with Crippen molar-refractivity contribution in [3.63, 3.8) is 0 Å². The molecule has 2 fully saturated rings. The number of nitrogens with one attached hydrogen (secondary N) is 1. The molecule has 0 aromatic heterocycles. The van der Waals surface area contributed by atoms with Crippen molar-refractivity contribution in [2.24, 2.45) is 0 Å². The Hall–Kier alpha value is -2.82. The first-order valence-corrected chi connectivity index (χ1v) is 10.9. The third-order valence-electron chi connectivity index (χ3n) is 6.61. The van der Waals surface area contributed by atoms with Crippen LogP contribution >= 0.6 is 0 Å². The summed E-state index contributed by atoms with van der Waals surface area (Å²) in [6.45, 7) is 1.39. The van der Waals surface area contributed by atoms with Gasteiger partial charge in [0.1, 0.15) is 5.75 Å². The van der Waals surface area contributed by atoms with E-state index in [1.165, 1.54) is 24.8 Å². The van der Waals surface area contributed by atoms with Crippen molar-refractivity contribution in [1.82, 2.24) is 5.32 Å². The van der Waals surface area contributed by atoms with Crippen LogP contribution in [0.1, 0.15) is 60.9 Å². The standard InChI is InChI=1S/C25H30N2O3/c1-30-22-13-9-20(10-14-22)25(15-3-2-4-16-25)18-26-24(29)19-7-11-21(12-8-19)27-17-5-6-23(27)28/h7-14H,2-6,15-18H2,1H3,(H,26,29). The van der Waals surface area contributed by atoms with Gasteiger partial charge in [0, 0.05) is 36.2 Å². The number of rotatable bonds is 6. The summed E-state index contributed by atoms with van der Waals surface area (Å²) in [6.07, 6.45) is 7.28. The Kier molecular flexibility index (Phi) is 6.07. The molecule has 1 saturated carbocycles. The topological polar surface area (TPSA) is 58.6 Å². The maximum absolute atomic E-state index is 12.8. The Morgan fingerprint density at radius 1 is 1.00 bits per heavy atom. The van der Waals surface area contributed by atoms with Gasteiger partial charge in [-0.05, 0) is 61.2 Å². The van der Waals surface area contributed by atoms with Gasteiger partial charge in [-0.3, -0.25) is 9.59 Å². The van der Waals surface area contributed by atoms with Gasteiger partial charge < -0.3 is 15.0 Å². The van der Waals surface area contributed by atoms with Crippen LogP contribution in [0.2, 0.25) is 0 Å². The molecule has 1 heterocycles. The fourth-order valence-corrected chi connectivity index (χ4v) is 4.81. The fraction of sp³-hybridized carbons (Fsp3) is 0.440. The zero-order chi connectivity index (χ0) is 21.0. The molecule has 2 aromatic rings. The Morgan fingerprint density at radius 3 is 2.30 bits per heavy atom. The number of hydrogen-bond acceptors (Lipinski definition) is 3. The van der Waals surface area contributed by atoms with E-state index in [-0.39, 0.29) is 17.2 Å². The van der Waals surface area contributed by atoms with E-state index in [1.54, 1.807) is 12.0 Å². The molecule has 0 spiro atoms. The summed E-state index contributed by atoms with van der Waals surface area (Å²) >= 11 is 0. The molecule has 1 N–H and O–H groups in total. The molecule has 0 bridgehead atoms. The summed E-state index contributed by atoms with van der Waals surface area (Å²) in [5.41, 5.74) is 2.75. The van der Waals surface area contributed by atoms with Crippen LogP contribution in [0.4, 0.5) is 5.69 Å². The normalized spacial score (nSPS) is 18.3. The Morgan fingerprint density at radius 2 is 1.70 bits per heavy atom. The Bertz CT molecular complexity index is 884. The van der Waals surface area contributed by atoms with Crippen LogP contribution in [0.15, 0.2) is 48.5 Å². The molecule has 0 radical (unpaired) electrons. The number of carbonyl (C=O) groups excluding carboxylic acids is 2. The van der Waals surface area contributed by atoms with Crippen LogP contribution in [-0.2, 0) is 10.2 Å². The monoisotopic (exact) mass is 406 g/mol. The van der Waals surface area contributed by atoms with Crippen LogP contribution in [-0.4, -0.2) is 32.0 Å². The molecule has 2 aliphatic rings. The third kappa shape index (κ3) is 4.20. The molecule has 1 aliphatic heterocycles. The third-order valence-corrected chi connectivity index (χ3v) is 6.61.